The number of hydrogen-bond donors (Lipinski definition) is 3. The van der Waals surface area contributed by atoms with E-state index < -0.39 is 12.0 Å². The van der Waals surface area contributed by atoms with Crippen molar-refractivity contribution in [3.05, 3.63) is 70.3 Å². The number of anilines is 2. The molecule has 1 aliphatic carbocycles. The van der Waals surface area contributed by atoms with Crippen LogP contribution in [0.2, 0.25) is 5.02 Å². The van der Waals surface area contributed by atoms with Gasteiger partial charge in [-0.05, 0) is 47.0 Å². The highest BCUT2D eigenvalue weighted by atomic mass is 79.9. The number of carboxylic acid groups (broad SMARTS) is 1. The molecular formula is C26H26BrClN4O4. The van der Waals surface area contributed by atoms with Crippen LogP contribution in [0.15, 0.2) is 54.1 Å². The molecule has 2 heterocycles. The topological polar surface area (TPSA) is 108 Å². The second-order valence-corrected chi connectivity index (χ2v) is 10.1. The summed E-state index contributed by atoms with van der Waals surface area (Å²) in [5.41, 5.74) is 11.1. The summed E-state index contributed by atoms with van der Waals surface area (Å²) >= 11 is 9.80. The van der Waals surface area contributed by atoms with Gasteiger partial charge in [-0.2, -0.15) is 0 Å². The number of nitrogens with two attached hydrogens (primary N) is 1. The smallest absolute Gasteiger partial charge is 0.407 e. The fourth-order valence-corrected chi connectivity index (χ4v) is 5.45. The standard InChI is InChI=1S/C26H26BrClN4O4/c27-5-10-36-23-4-1-15(13-21(23)28)16-11-19-18-3-2-17(31-6-8-32(9-7-31)26(34)35)14-22(18)30-24(19)20(12-16)25(29)33/h1-4,11-14,19,24,30H,5-10H2,(H2,29,33)(H,34,35). The number of alkyl halides is 1. The number of hydrogen-bond acceptors (Lipinski definition) is 5. The van der Waals surface area contributed by atoms with Crippen LogP contribution in [0.3, 0.4) is 0 Å². The fraction of sp³-hybridized carbons (Fsp3) is 0.308. The molecule has 2 aliphatic heterocycles. The summed E-state index contributed by atoms with van der Waals surface area (Å²) in [6, 6.07) is 11.6. The second kappa shape index (κ2) is 10.1. The molecule has 188 valence electrons. The minimum atomic E-state index is -0.884. The molecule has 2 atom stereocenters. The van der Waals surface area contributed by atoms with Gasteiger partial charge in [0.1, 0.15) is 5.75 Å². The molecule has 2 amide bonds. The highest BCUT2D eigenvalue weighted by molar-refractivity contribution is 9.09. The monoisotopic (exact) mass is 572 g/mol. The number of fused-ring (bicyclic) bond motifs is 3. The van der Waals surface area contributed by atoms with Crippen LogP contribution in [0.5, 0.6) is 5.75 Å². The number of nitrogens with one attached hydrogen (secondary N) is 1. The average Bonchev–Trinajstić information content (AvgIpc) is 3.25. The van der Waals surface area contributed by atoms with Gasteiger partial charge in [-0.15, -0.1) is 0 Å². The van der Waals surface area contributed by atoms with Crippen LogP contribution >= 0.6 is 27.5 Å². The maximum atomic E-state index is 12.4. The Hall–Kier alpha value is -3.17. The third-order valence-electron chi connectivity index (χ3n) is 6.87. The summed E-state index contributed by atoms with van der Waals surface area (Å²) in [7, 11) is 0. The highest BCUT2D eigenvalue weighted by Crippen LogP contribution is 2.46. The zero-order chi connectivity index (χ0) is 25.4. The van der Waals surface area contributed by atoms with Crippen molar-refractivity contribution in [2.75, 3.05) is 48.3 Å². The lowest BCUT2D eigenvalue weighted by Gasteiger charge is -2.34. The average molecular weight is 574 g/mol. The Balaban J connectivity index is 1.43. The molecule has 0 bridgehead atoms. The molecule has 5 rings (SSSR count). The zero-order valence-corrected chi connectivity index (χ0v) is 21.8. The van der Waals surface area contributed by atoms with Gasteiger partial charge in [-0.3, -0.25) is 4.79 Å². The van der Waals surface area contributed by atoms with Crippen molar-refractivity contribution in [2.24, 2.45) is 5.73 Å². The Morgan fingerprint density at radius 2 is 1.94 bits per heavy atom. The molecule has 1 saturated heterocycles. The van der Waals surface area contributed by atoms with E-state index in [0.717, 1.165) is 28.1 Å². The van der Waals surface area contributed by atoms with Gasteiger partial charge in [0.25, 0.3) is 0 Å². The number of benzene rings is 2. The molecule has 36 heavy (non-hydrogen) atoms. The number of carbonyl (C=O) groups is 2. The van der Waals surface area contributed by atoms with E-state index in [1.807, 2.05) is 24.3 Å². The Kier molecular flexibility index (Phi) is 6.85. The Morgan fingerprint density at radius 3 is 2.61 bits per heavy atom. The number of halogens is 2. The molecule has 4 N–H and O–H groups in total. The lowest BCUT2D eigenvalue weighted by atomic mass is 9.81. The van der Waals surface area contributed by atoms with Crippen molar-refractivity contribution >= 4 is 56.5 Å². The van der Waals surface area contributed by atoms with Crippen molar-refractivity contribution in [1.29, 1.82) is 0 Å². The number of amides is 2. The fourth-order valence-electron chi connectivity index (χ4n) is 5.06. The van der Waals surface area contributed by atoms with Gasteiger partial charge in [0.15, 0.2) is 0 Å². The first kappa shape index (κ1) is 24.5. The van der Waals surface area contributed by atoms with Gasteiger partial charge in [0.05, 0.1) is 17.7 Å². The molecule has 0 radical (unpaired) electrons. The number of piperazine rings is 1. The number of nitrogens with zero attached hydrogens (tertiary/aromatic N) is 2. The Labute approximate surface area is 222 Å². The number of rotatable bonds is 6. The third kappa shape index (κ3) is 4.65. The predicted octanol–water partition coefficient (Wildman–Crippen LogP) is 4.30. The first-order valence-electron chi connectivity index (χ1n) is 11.7. The number of ether oxygens (including phenoxy) is 1. The predicted molar refractivity (Wildman–Crippen MR) is 144 cm³/mol. The second-order valence-electron chi connectivity index (χ2n) is 8.94. The quantitative estimate of drug-likeness (QED) is 0.445. The van der Waals surface area contributed by atoms with E-state index in [9.17, 15) is 14.7 Å². The molecule has 3 aliphatic rings. The van der Waals surface area contributed by atoms with Crippen LogP contribution in [0, 0.1) is 0 Å². The van der Waals surface area contributed by atoms with Gasteiger partial charge in [-0.25, -0.2) is 4.79 Å². The molecule has 2 aromatic rings. The minimum absolute atomic E-state index is 0.0662. The van der Waals surface area contributed by atoms with E-state index in [1.165, 1.54) is 4.90 Å². The van der Waals surface area contributed by atoms with Gasteiger partial charge in [0, 0.05) is 54.4 Å². The maximum Gasteiger partial charge on any atom is 0.407 e. The van der Waals surface area contributed by atoms with E-state index in [4.69, 9.17) is 22.1 Å². The summed E-state index contributed by atoms with van der Waals surface area (Å²) in [5.74, 6) is 0.0747. The molecule has 1 fully saturated rings. The van der Waals surface area contributed by atoms with Crippen LogP contribution in [-0.2, 0) is 4.79 Å². The Bertz CT molecular complexity index is 1270. The zero-order valence-electron chi connectivity index (χ0n) is 19.4. The van der Waals surface area contributed by atoms with Crippen molar-refractivity contribution in [3.8, 4) is 5.75 Å². The van der Waals surface area contributed by atoms with Crippen molar-refractivity contribution < 1.29 is 19.4 Å². The molecule has 10 heteroatoms. The number of primary amides is 1. The summed E-state index contributed by atoms with van der Waals surface area (Å²) < 4.78 is 5.65. The van der Waals surface area contributed by atoms with Gasteiger partial charge in [-0.1, -0.05) is 45.7 Å². The lowest BCUT2D eigenvalue weighted by molar-refractivity contribution is -0.114. The molecule has 2 aromatic carbocycles. The molecule has 0 spiro atoms. The van der Waals surface area contributed by atoms with Gasteiger partial charge < -0.3 is 30.7 Å². The van der Waals surface area contributed by atoms with Gasteiger partial charge in [0.2, 0.25) is 5.91 Å². The highest BCUT2D eigenvalue weighted by Gasteiger charge is 2.38. The van der Waals surface area contributed by atoms with Crippen LogP contribution in [0.4, 0.5) is 16.2 Å². The lowest BCUT2D eigenvalue weighted by Crippen LogP contribution is -2.48. The summed E-state index contributed by atoms with van der Waals surface area (Å²) in [4.78, 5) is 27.3. The molecule has 0 saturated carbocycles. The third-order valence-corrected chi connectivity index (χ3v) is 7.49. The summed E-state index contributed by atoms with van der Waals surface area (Å²) in [6.45, 7) is 2.70. The first-order chi connectivity index (χ1) is 17.4. The van der Waals surface area contributed by atoms with E-state index in [0.29, 0.717) is 54.5 Å². The Morgan fingerprint density at radius 1 is 1.17 bits per heavy atom. The van der Waals surface area contributed by atoms with E-state index in [-0.39, 0.29) is 12.0 Å². The van der Waals surface area contributed by atoms with Crippen LogP contribution < -0.4 is 20.7 Å². The van der Waals surface area contributed by atoms with Gasteiger partial charge >= 0.3 is 6.09 Å². The molecule has 0 aromatic heterocycles. The van der Waals surface area contributed by atoms with Crippen molar-refractivity contribution in [2.45, 2.75) is 12.0 Å². The molecule has 2 unspecified atom stereocenters. The van der Waals surface area contributed by atoms with E-state index >= 15 is 0 Å². The minimum Gasteiger partial charge on any atom is -0.491 e. The van der Waals surface area contributed by atoms with Crippen LogP contribution in [0.1, 0.15) is 17.0 Å². The van der Waals surface area contributed by atoms with E-state index in [2.05, 4.69) is 50.4 Å². The normalized spacial score (nSPS) is 20.6. The molecule has 8 nitrogen and oxygen atoms in total. The SMILES string of the molecule is NC(=O)C1=CC(c2ccc(OCCBr)c(Cl)c2)=CC2c3ccc(N4CCN(C(=O)O)CC4)cc3NC12. The largest absolute Gasteiger partial charge is 0.491 e. The maximum absolute atomic E-state index is 12.4. The summed E-state index contributed by atoms with van der Waals surface area (Å²) in [5, 5.41) is 13.9. The van der Waals surface area contributed by atoms with Crippen LogP contribution in [0.25, 0.3) is 5.57 Å². The first-order valence-corrected chi connectivity index (χ1v) is 13.2. The molecular weight excluding hydrogens is 548 g/mol. The number of allylic oxidation sites excluding steroid dienone is 2. The van der Waals surface area contributed by atoms with Crippen LogP contribution in [-0.4, -0.2) is 66.2 Å². The van der Waals surface area contributed by atoms with E-state index in [1.54, 1.807) is 0 Å². The van der Waals surface area contributed by atoms with Crippen molar-refractivity contribution in [3.63, 3.8) is 0 Å². The number of carbonyl (C=O) groups excluding carboxylic acids is 1. The summed E-state index contributed by atoms with van der Waals surface area (Å²) in [6.07, 6.45) is 3.09. The van der Waals surface area contributed by atoms with Crippen molar-refractivity contribution in [1.82, 2.24) is 4.90 Å².